The number of allylic oxidation sites excluding steroid dienone is 1. The highest BCUT2D eigenvalue weighted by molar-refractivity contribution is 6.01. The number of H-pyrrole nitrogens is 1. The standard InChI is InChI=1S/C16H15N3O2/c1-11(16(20)21)14(9-19-8-7-17-10-19)12-3-2-4-15-13(12)5-6-18-15/h2-8,10,18H,9H2,1H3,(H,20,21). The predicted molar refractivity (Wildman–Crippen MR) is 80.8 cm³/mol. The Kier molecular flexibility index (Phi) is 3.31. The second kappa shape index (κ2) is 5.28. The molecule has 0 atom stereocenters. The summed E-state index contributed by atoms with van der Waals surface area (Å²) in [6, 6.07) is 7.82. The van der Waals surface area contributed by atoms with E-state index in [1.54, 1.807) is 19.4 Å². The maximum absolute atomic E-state index is 11.4. The van der Waals surface area contributed by atoms with Gasteiger partial charge in [-0.2, -0.15) is 0 Å². The first-order valence-electron chi connectivity index (χ1n) is 6.62. The molecule has 3 rings (SSSR count). The molecule has 0 amide bonds. The zero-order chi connectivity index (χ0) is 14.8. The number of hydrogen-bond donors (Lipinski definition) is 2. The van der Waals surface area contributed by atoms with Crippen LogP contribution in [0.1, 0.15) is 12.5 Å². The largest absolute Gasteiger partial charge is 0.478 e. The maximum atomic E-state index is 11.4. The van der Waals surface area contributed by atoms with Crippen molar-refractivity contribution in [3.63, 3.8) is 0 Å². The van der Waals surface area contributed by atoms with Gasteiger partial charge in [-0.05, 0) is 30.2 Å². The Morgan fingerprint density at radius 3 is 2.95 bits per heavy atom. The topological polar surface area (TPSA) is 70.9 Å². The monoisotopic (exact) mass is 281 g/mol. The van der Waals surface area contributed by atoms with E-state index in [9.17, 15) is 9.90 Å². The van der Waals surface area contributed by atoms with Gasteiger partial charge in [0.25, 0.3) is 0 Å². The van der Waals surface area contributed by atoms with Crippen molar-refractivity contribution in [2.75, 3.05) is 0 Å². The van der Waals surface area contributed by atoms with E-state index < -0.39 is 5.97 Å². The minimum absolute atomic E-state index is 0.345. The van der Waals surface area contributed by atoms with E-state index in [0.29, 0.717) is 12.1 Å². The van der Waals surface area contributed by atoms with Crippen LogP contribution in [-0.2, 0) is 11.3 Å². The van der Waals surface area contributed by atoms with E-state index in [2.05, 4.69) is 9.97 Å². The third-order valence-corrected chi connectivity index (χ3v) is 3.59. The number of aromatic nitrogens is 3. The number of benzene rings is 1. The highest BCUT2D eigenvalue weighted by Gasteiger charge is 2.15. The van der Waals surface area contributed by atoms with Crippen molar-refractivity contribution in [2.45, 2.75) is 13.5 Å². The van der Waals surface area contributed by atoms with Gasteiger partial charge in [-0.1, -0.05) is 12.1 Å². The van der Waals surface area contributed by atoms with E-state index in [-0.39, 0.29) is 0 Å². The summed E-state index contributed by atoms with van der Waals surface area (Å²) in [7, 11) is 0. The van der Waals surface area contributed by atoms with Crippen LogP contribution in [0.4, 0.5) is 0 Å². The third-order valence-electron chi connectivity index (χ3n) is 3.59. The molecule has 106 valence electrons. The molecule has 0 bridgehead atoms. The number of imidazole rings is 1. The molecule has 0 unspecified atom stereocenters. The number of aliphatic carboxylic acids is 1. The highest BCUT2D eigenvalue weighted by atomic mass is 16.4. The van der Waals surface area contributed by atoms with Crippen LogP contribution in [-0.4, -0.2) is 25.6 Å². The molecule has 5 heteroatoms. The maximum Gasteiger partial charge on any atom is 0.331 e. The first-order valence-corrected chi connectivity index (χ1v) is 6.62. The molecule has 0 radical (unpaired) electrons. The fourth-order valence-electron chi connectivity index (χ4n) is 2.45. The molecule has 2 aromatic heterocycles. The Morgan fingerprint density at radius 2 is 2.24 bits per heavy atom. The zero-order valence-corrected chi connectivity index (χ0v) is 11.6. The molecule has 0 aliphatic carbocycles. The molecule has 21 heavy (non-hydrogen) atoms. The van der Waals surface area contributed by atoms with Crippen molar-refractivity contribution in [3.05, 3.63) is 60.3 Å². The molecule has 2 N–H and O–H groups in total. The first kappa shape index (κ1) is 13.2. The van der Waals surface area contributed by atoms with Crippen LogP contribution in [0.2, 0.25) is 0 Å². The molecule has 5 nitrogen and oxygen atoms in total. The Labute approximate surface area is 121 Å². The number of carbonyl (C=O) groups is 1. The number of hydrogen-bond acceptors (Lipinski definition) is 2. The van der Waals surface area contributed by atoms with Crippen molar-refractivity contribution in [3.8, 4) is 0 Å². The Morgan fingerprint density at radius 1 is 1.38 bits per heavy atom. The molecule has 0 saturated heterocycles. The van der Waals surface area contributed by atoms with Gasteiger partial charge in [-0.15, -0.1) is 0 Å². The number of nitrogens with zero attached hydrogens (tertiary/aromatic N) is 2. The average molecular weight is 281 g/mol. The first-order chi connectivity index (χ1) is 10.2. The number of aromatic amines is 1. The van der Waals surface area contributed by atoms with Gasteiger partial charge >= 0.3 is 5.97 Å². The average Bonchev–Trinajstić information content (AvgIpc) is 3.14. The van der Waals surface area contributed by atoms with Gasteiger partial charge in [-0.25, -0.2) is 9.78 Å². The van der Waals surface area contributed by atoms with Crippen molar-refractivity contribution < 1.29 is 9.90 Å². The third kappa shape index (κ3) is 2.45. The predicted octanol–water partition coefficient (Wildman–Crippen LogP) is 2.92. The number of fused-ring (bicyclic) bond motifs is 1. The van der Waals surface area contributed by atoms with Crippen molar-refractivity contribution in [1.82, 2.24) is 14.5 Å². The number of carboxylic acids is 1. The zero-order valence-electron chi connectivity index (χ0n) is 11.6. The van der Waals surface area contributed by atoms with Gasteiger partial charge in [0, 0.05) is 41.6 Å². The molecular weight excluding hydrogens is 266 g/mol. The number of nitrogens with one attached hydrogen (secondary N) is 1. The summed E-state index contributed by atoms with van der Waals surface area (Å²) in [6.45, 7) is 2.11. The van der Waals surface area contributed by atoms with Crippen molar-refractivity contribution in [1.29, 1.82) is 0 Å². The van der Waals surface area contributed by atoms with Crippen LogP contribution in [0.25, 0.3) is 16.5 Å². The van der Waals surface area contributed by atoms with Crippen molar-refractivity contribution in [2.24, 2.45) is 0 Å². The SMILES string of the molecule is CC(C(=O)O)=C(Cn1ccnc1)c1cccc2[nH]ccc12. The van der Waals surface area contributed by atoms with Crippen LogP contribution < -0.4 is 0 Å². The second-order valence-corrected chi connectivity index (χ2v) is 4.89. The highest BCUT2D eigenvalue weighted by Crippen LogP contribution is 2.28. The summed E-state index contributed by atoms with van der Waals surface area (Å²) in [6.07, 6.45) is 7.06. The van der Waals surface area contributed by atoms with Gasteiger partial charge in [-0.3, -0.25) is 0 Å². The fourth-order valence-corrected chi connectivity index (χ4v) is 2.45. The lowest BCUT2D eigenvalue weighted by Gasteiger charge is -2.12. The molecule has 0 aliphatic rings. The lowest BCUT2D eigenvalue weighted by molar-refractivity contribution is -0.132. The van der Waals surface area contributed by atoms with Crippen LogP contribution in [0.15, 0.2) is 54.8 Å². The van der Waals surface area contributed by atoms with Crippen LogP contribution in [0.5, 0.6) is 0 Å². The van der Waals surface area contributed by atoms with Crippen LogP contribution >= 0.6 is 0 Å². The van der Waals surface area contributed by atoms with Crippen LogP contribution in [0.3, 0.4) is 0 Å². The van der Waals surface area contributed by atoms with Gasteiger partial charge in [0.2, 0.25) is 0 Å². The number of carboxylic acid groups (broad SMARTS) is 1. The van der Waals surface area contributed by atoms with E-state index in [1.165, 1.54) is 0 Å². The van der Waals surface area contributed by atoms with E-state index in [4.69, 9.17) is 0 Å². The van der Waals surface area contributed by atoms with E-state index >= 15 is 0 Å². The summed E-state index contributed by atoms with van der Waals surface area (Å²) < 4.78 is 1.87. The summed E-state index contributed by atoms with van der Waals surface area (Å²) in [5, 5.41) is 10.4. The Balaban J connectivity index is 2.18. The molecule has 0 spiro atoms. The van der Waals surface area contributed by atoms with Gasteiger partial charge < -0.3 is 14.7 Å². The van der Waals surface area contributed by atoms with Gasteiger partial charge in [0.15, 0.2) is 0 Å². The Hall–Kier alpha value is -2.82. The molecule has 1 aromatic carbocycles. The fraction of sp³-hybridized carbons (Fsp3) is 0.125. The molecular formula is C16H15N3O2. The van der Waals surface area contributed by atoms with Gasteiger partial charge in [0.1, 0.15) is 0 Å². The van der Waals surface area contributed by atoms with Crippen LogP contribution in [0, 0.1) is 0 Å². The quantitative estimate of drug-likeness (QED) is 0.722. The normalized spacial score (nSPS) is 12.4. The summed E-state index contributed by atoms with van der Waals surface area (Å²) in [5.74, 6) is -0.905. The van der Waals surface area contributed by atoms with E-state index in [1.807, 2.05) is 41.2 Å². The minimum Gasteiger partial charge on any atom is -0.478 e. The minimum atomic E-state index is -0.905. The molecule has 0 fully saturated rings. The van der Waals surface area contributed by atoms with Gasteiger partial charge in [0.05, 0.1) is 6.33 Å². The summed E-state index contributed by atoms with van der Waals surface area (Å²) >= 11 is 0. The number of rotatable bonds is 4. The lowest BCUT2D eigenvalue weighted by atomic mass is 9.97. The molecule has 0 saturated carbocycles. The summed E-state index contributed by atoms with van der Waals surface area (Å²) in [5.41, 5.74) is 3.05. The van der Waals surface area contributed by atoms with Crippen molar-refractivity contribution >= 4 is 22.4 Å². The molecule has 3 aromatic rings. The summed E-state index contributed by atoms with van der Waals surface area (Å²) in [4.78, 5) is 18.6. The Bertz CT molecular complexity index is 813. The molecule has 2 heterocycles. The lowest BCUT2D eigenvalue weighted by Crippen LogP contribution is -2.06. The molecule has 0 aliphatic heterocycles. The smallest absolute Gasteiger partial charge is 0.331 e. The second-order valence-electron chi connectivity index (χ2n) is 4.89. The van der Waals surface area contributed by atoms with E-state index in [0.717, 1.165) is 22.0 Å².